The molecule has 0 bridgehead atoms. The molecule has 1 saturated heterocycles. The average molecular weight is 367 g/mol. The smallest absolute Gasteiger partial charge is 0.177 e. The molecule has 1 aliphatic heterocycles. The number of likely N-dealkylation sites (tertiary alicyclic amines) is 1. The van der Waals surface area contributed by atoms with Crippen molar-refractivity contribution in [2.75, 3.05) is 19.7 Å². The minimum Gasteiger partial charge on any atom is -0.396 e. The van der Waals surface area contributed by atoms with Crippen molar-refractivity contribution < 1.29 is 5.11 Å². The lowest BCUT2D eigenvalue weighted by Gasteiger charge is -2.36. The second-order valence-electron chi connectivity index (χ2n) is 6.03. The molecule has 1 aliphatic rings. The van der Waals surface area contributed by atoms with Gasteiger partial charge >= 0.3 is 0 Å². The van der Waals surface area contributed by atoms with Gasteiger partial charge in [-0.2, -0.15) is 0 Å². The van der Waals surface area contributed by atoms with E-state index in [-0.39, 0.29) is 6.61 Å². The number of imidazole rings is 1. The molecule has 2 aromatic rings. The van der Waals surface area contributed by atoms with Crippen molar-refractivity contribution in [3.63, 3.8) is 0 Å². The highest BCUT2D eigenvalue weighted by Gasteiger charge is 2.23. The SMILES string of the molecule is Cc1nc2ncc(Br)cc2n1C[C@@H]1CCCCN1CCCO. The first-order chi connectivity index (χ1) is 10.7. The number of nitrogens with zero attached hydrogens (tertiary/aromatic N) is 4. The summed E-state index contributed by atoms with van der Waals surface area (Å²) in [4.78, 5) is 11.5. The minimum atomic E-state index is 0.271. The molecule has 120 valence electrons. The molecule has 22 heavy (non-hydrogen) atoms. The second kappa shape index (κ2) is 7.06. The Kier molecular flexibility index (Phi) is 5.10. The summed E-state index contributed by atoms with van der Waals surface area (Å²) in [5.41, 5.74) is 1.91. The van der Waals surface area contributed by atoms with Crippen LogP contribution in [0.15, 0.2) is 16.7 Å². The lowest BCUT2D eigenvalue weighted by molar-refractivity contribution is 0.122. The lowest BCUT2D eigenvalue weighted by Crippen LogP contribution is -2.42. The van der Waals surface area contributed by atoms with Crippen molar-refractivity contribution in [2.24, 2.45) is 0 Å². The molecule has 6 heteroatoms. The highest BCUT2D eigenvalue weighted by Crippen LogP contribution is 2.23. The average Bonchev–Trinajstić information content (AvgIpc) is 2.82. The molecule has 0 saturated carbocycles. The van der Waals surface area contributed by atoms with Crippen LogP contribution in [-0.2, 0) is 6.54 Å². The Morgan fingerprint density at radius 1 is 1.41 bits per heavy atom. The van der Waals surface area contributed by atoms with Crippen LogP contribution in [0, 0.1) is 6.92 Å². The van der Waals surface area contributed by atoms with Crippen LogP contribution in [0.3, 0.4) is 0 Å². The third kappa shape index (κ3) is 3.34. The zero-order chi connectivity index (χ0) is 15.5. The summed E-state index contributed by atoms with van der Waals surface area (Å²) in [6, 6.07) is 2.62. The Bertz CT molecular complexity index is 642. The number of aryl methyl sites for hydroxylation is 1. The van der Waals surface area contributed by atoms with E-state index >= 15 is 0 Å². The van der Waals surface area contributed by atoms with Crippen molar-refractivity contribution in [3.05, 3.63) is 22.6 Å². The number of aliphatic hydroxyl groups is 1. The second-order valence-corrected chi connectivity index (χ2v) is 6.94. The number of piperidine rings is 1. The van der Waals surface area contributed by atoms with E-state index in [9.17, 15) is 0 Å². The highest BCUT2D eigenvalue weighted by molar-refractivity contribution is 9.10. The van der Waals surface area contributed by atoms with Crippen LogP contribution in [0.1, 0.15) is 31.5 Å². The van der Waals surface area contributed by atoms with E-state index in [4.69, 9.17) is 5.11 Å². The maximum Gasteiger partial charge on any atom is 0.177 e. The molecular formula is C16H23BrN4O. The van der Waals surface area contributed by atoms with Gasteiger partial charge in [0, 0.05) is 36.4 Å². The standard InChI is InChI=1S/C16H23BrN4O/c1-12-19-16-15(9-13(17)10-18-16)21(12)11-14-5-2-3-6-20(14)7-4-8-22/h9-10,14,22H,2-8,11H2,1H3/t14-/m0/s1. The third-order valence-corrected chi connectivity index (χ3v) is 4.94. The van der Waals surface area contributed by atoms with Gasteiger partial charge in [-0.25, -0.2) is 9.97 Å². The van der Waals surface area contributed by atoms with E-state index < -0.39 is 0 Å². The number of aromatic nitrogens is 3. The molecule has 5 nitrogen and oxygen atoms in total. The molecule has 1 N–H and O–H groups in total. The van der Waals surface area contributed by atoms with Crippen LogP contribution in [0.5, 0.6) is 0 Å². The molecule has 0 radical (unpaired) electrons. The first-order valence-electron chi connectivity index (χ1n) is 8.02. The number of hydrogen-bond acceptors (Lipinski definition) is 4. The van der Waals surface area contributed by atoms with Gasteiger partial charge in [0.15, 0.2) is 5.65 Å². The molecule has 3 heterocycles. The summed E-state index contributed by atoms with van der Waals surface area (Å²) < 4.78 is 3.27. The first kappa shape index (κ1) is 15.9. The van der Waals surface area contributed by atoms with Gasteiger partial charge in [0.05, 0.1) is 5.52 Å². The fourth-order valence-electron chi connectivity index (χ4n) is 3.37. The van der Waals surface area contributed by atoms with E-state index in [0.29, 0.717) is 6.04 Å². The van der Waals surface area contributed by atoms with Gasteiger partial charge in [0.1, 0.15) is 5.82 Å². The molecule has 0 amide bonds. The summed E-state index contributed by atoms with van der Waals surface area (Å²) in [5, 5.41) is 9.10. The number of aliphatic hydroxyl groups excluding tert-OH is 1. The Hall–Kier alpha value is -0.980. The molecule has 0 aromatic carbocycles. The molecule has 0 unspecified atom stereocenters. The summed E-state index contributed by atoms with van der Waals surface area (Å²) in [6.07, 6.45) is 6.42. The maximum atomic E-state index is 9.10. The Morgan fingerprint density at radius 3 is 3.09 bits per heavy atom. The topological polar surface area (TPSA) is 54.2 Å². The molecule has 0 aliphatic carbocycles. The van der Waals surface area contributed by atoms with Crippen molar-refractivity contribution >= 4 is 27.1 Å². The fourth-order valence-corrected chi connectivity index (χ4v) is 3.69. The van der Waals surface area contributed by atoms with E-state index in [1.54, 1.807) is 6.20 Å². The van der Waals surface area contributed by atoms with Crippen LogP contribution in [0.2, 0.25) is 0 Å². The third-order valence-electron chi connectivity index (χ3n) is 4.51. The lowest BCUT2D eigenvalue weighted by atomic mass is 10.0. The zero-order valence-corrected chi connectivity index (χ0v) is 14.6. The van der Waals surface area contributed by atoms with Crippen LogP contribution < -0.4 is 0 Å². The van der Waals surface area contributed by atoms with Gasteiger partial charge in [-0.3, -0.25) is 4.90 Å². The summed E-state index contributed by atoms with van der Waals surface area (Å²) >= 11 is 3.51. The zero-order valence-electron chi connectivity index (χ0n) is 13.0. The number of fused-ring (bicyclic) bond motifs is 1. The van der Waals surface area contributed by atoms with Gasteiger partial charge in [-0.1, -0.05) is 6.42 Å². The molecular weight excluding hydrogens is 344 g/mol. The molecule has 2 aromatic heterocycles. The number of pyridine rings is 1. The van der Waals surface area contributed by atoms with Crippen LogP contribution in [0.25, 0.3) is 11.2 Å². The number of halogens is 1. The van der Waals surface area contributed by atoms with Gasteiger partial charge in [0.25, 0.3) is 0 Å². The van der Waals surface area contributed by atoms with Crippen molar-refractivity contribution in [1.29, 1.82) is 0 Å². The predicted molar refractivity (Wildman–Crippen MR) is 90.9 cm³/mol. The maximum absolute atomic E-state index is 9.10. The summed E-state index contributed by atoms with van der Waals surface area (Å²) in [7, 11) is 0. The predicted octanol–water partition coefficient (Wildman–Crippen LogP) is 2.74. The Morgan fingerprint density at radius 2 is 2.27 bits per heavy atom. The van der Waals surface area contributed by atoms with Gasteiger partial charge in [0.2, 0.25) is 0 Å². The fraction of sp³-hybridized carbons (Fsp3) is 0.625. The van der Waals surface area contributed by atoms with Gasteiger partial charge < -0.3 is 9.67 Å². The van der Waals surface area contributed by atoms with Gasteiger partial charge in [-0.05, 0) is 54.7 Å². The Balaban J connectivity index is 1.84. The van der Waals surface area contributed by atoms with Crippen molar-refractivity contribution in [3.8, 4) is 0 Å². The normalized spacial score (nSPS) is 19.9. The van der Waals surface area contributed by atoms with Crippen molar-refractivity contribution in [1.82, 2.24) is 19.4 Å². The summed E-state index contributed by atoms with van der Waals surface area (Å²) in [6.45, 7) is 5.39. The van der Waals surface area contributed by atoms with E-state index in [0.717, 1.165) is 47.5 Å². The van der Waals surface area contributed by atoms with Crippen molar-refractivity contribution in [2.45, 2.75) is 45.2 Å². The minimum absolute atomic E-state index is 0.271. The molecule has 1 atom stereocenters. The molecule has 0 spiro atoms. The number of rotatable bonds is 5. The Labute approximate surface area is 139 Å². The summed E-state index contributed by atoms with van der Waals surface area (Å²) in [5.74, 6) is 1.02. The van der Waals surface area contributed by atoms with Crippen LogP contribution >= 0.6 is 15.9 Å². The number of hydrogen-bond donors (Lipinski definition) is 1. The van der Waals surface area contributed by atoms with E-state index in [2.05, 4.69) is 48.4 Å². The monoisotopic (exact) mass is 366 g/mol. The van der Waals surface area contributed by atoms with E-state index in [1.165, 1.54) is 19.3 Å². The quantitative estimate of drug-likeness (QED) is 0.883. The van der Waals surface area contributed by atoms with Crippen LogP contribution in [-0.4, -0.2) is 50.3 Å². The molecule has 1 fully saturated rings. The van der Waals surface area contributed by atoms with Crippen LogP contribution in [0.4, 0.5) is 0 Å². The molecule has 3 rings (SSSR count). The van der Waals surface area contributed by atoms with E-state index in [1.807, 2.05) is 0 Å². The largest absolute Gasteiger partial charge is 0.396 e. The highest BCUT2D eigenvalue weighted by atomic mass is 79.9. The first-order valence-corrected chi connectivity index (χ1v) is 8.81. The van der Waals surface area contributed by atoms with Gasteiger partial charge in [-0.15, -0.1) is 0 Å².